The molecule has 4 aromatic rings. The van der Waals surface area contributed by atoms with Crippen LogP contribution in [-0.2, 0) is 10.2 Å². The first-order valence-electron chi connectivity index (χ1n) is 13.5. The molecule has 0 bridgehead atoms. The van der Waals surface area contributed by atoms with Crippen molar-refractivity contribution in [3.63, 3.8) is 0 Å². The number of amides is 1. The van der Waals surface area contributed by atoms with E-state index in [0.717, 1.165) is 11.1 Å². The van der Waals surface area contributed by atoms with Gasteiger partial charge in [-0.2, -0.15) is 0 Å². The van der Waals surface area contributed by atoms with Crippen LogP contribution in [0.25, 0.3) is 6.08 Å². The molecule has 1 fully saturated rings. The maximum absolute atomic E-state index is 14.9. The number of nitrogens with zero attached hydrogens (tertiary/aromatic N) is 1. The molecule has 0 saturated carbocycles. The standard InChI is InChI=1S/C34H24Cl2N2O4/c1-42-22-9-6-8-20(17-22)30(39)29-28(31(40)24-14-13-21(35)18-26(24)36)34(25-11-4-5-12-27(25)37-33(34)41)32-23-10-3-2-7-19(23)15-16-38(29)32/h2-18,28-29,32H,1H3,(H,37,41). The number of para-hydroxylation sites is 1. The Morgan fingerprint density at radius 1 is 0.905 bits per heavy atom. The van der Waals surface area contributed by atoms with Crippen LogP contribution >= 0.6 is 23.2 Å². The average Bonchev–Trinajstić information content (AvgIpc) is 3.48. The largest absolute Gasteiger partial charge is 0.497 e. The SMILES string of the molecule is COc1cccc(C(=O)C2C(C(=O)c3ccc(Cl)cc3Cl)C3(C(=O)Nc4ccccc43)C3c4ccccc4C=CN23)c1. The van der Waals surface area contributed by atoms with Gasteiger partial charge in [-0.25, -0.2) is 0 Å². The van der Waals surface area contributed by atoms with E-state index < -0.39 is 29.2 Å². The smallest absolute Gasteiger partial charge is 0.238 e. The second kappa shape index (κ2) is 9.86. The number of fused-ring (bicyclic) bond motifs is 6. The van der Waals surface area contributed by atoms with E-state index in [1.807, 2.05) is 65.7 Å². The fourth-order valence-corrected chi connectivity index (χ4v) is 7.47. The maximum atomic E-state index is 14.9. The third kappa shape index (κ3) is 3.68. The van der Waals surface area contributed by atoms with E-state index in [-0.39, 0.29) is 22.3 Å². The molecule has 6 nitrogen and oxygen atoms in total. The second-order valence-corrected chi connectivity index (χ2v) is 11.5. The Morgan fingerprint density at radius 2 is 1.69 bits per heavy atom. The van der Waals surface area contributed by atoms with Gasteiger partial charge in [-0.15, -0.1) is 0 Å². The Morgan fingerprint density at radius 3 is 2.50 bits per heavy atom. The monoisotopic (exact) mass is 594 g/mol. The van der Waals surface area contributed by atoms with Gasteiger partial charge in [-0.1, -0.05) is 77.8 Å². The average molecular weight is 595 g/mol. The number of hydrogen-bond acceptors (Lipinski definition) is 5. The van der Waals surface area contributed by atoms with Crippen molar-refractivity contribution in [2.75, 3.05) is 12.4 Å². The number of benzene rings is 4. The van der Waals surface area contributed by atoms with Crippen molar-refractivity contribution in [1.29, 1.82) is 0 Å². The van der Waals surface area contributed by atoms with Gasteiger partial charge in [0.25, 0.3) is 0 Å². The zero-order valence-electron chi connectivity index (χ0n) is 22.4. The number of carbonyl (C=O) groups is 3. The molecule has 4 unspecified atom stereocenters. The number of Topliss-reactive ketones (excluding diaryl/α,β-unsaturated/α-hetero) is 2. The van der Waals surface area contributed by atoms with Crippen molar-refractivity contribution < 1.29 is 19.1 Å². The molecule has 4 atom stereocenters. The number of hydrogen-bond donors (Lipinski definition) is 1. The van der Waals surface area contributed by atoms with Crippen molar-refractivity contribution in [1.82, 2.24) is 4.90 Å². The van der Waals surface area contributed by atoms with E-state index in [1.54, 1.807) is 36.4 Å². The minimum absolute atomic E-state index is 0.155. The molecular formula is C34H24Cl2N2O4. The summed E-state index contributed by atoms with van der Waals surface area (Å²) in [6.45, 7) is 0. The van der Waals surface area contributed by atoms with Gasteiger partial charge in [0.05, 0.1) is 24.1 Å². The fourth-order valence-electron chi connectivity index (χ4n) is 6.97. The van der Waals surface area contributed by atoms with Crippen molar-refractivity contribution in [2.45, 2.75) is 17.5 Å². The van der Waals surface area contributed by atoms with Crippen LogP contribution in [0.15, 0.2) is 97.2 Å². The second-order valence-electron chi connectivity index (χ2n) is 10.7. The van der Waals surface area contributed by atoms with E-state index in [0.29, 0.717) is 27.6 Å². The van der Waals surface area contributed by atoms with Gasteiger partial charge < -0.3 is 15.0 Å². The zero-order valence-corrected chi connectivity index (χ0v) is 23.9. The molecule has 0 aromatic heterocycles. The molecule has 0 aliphatic carbocycles. The molecule has 42 heavy (non-hydrogen) atoms. The number of anilines is 1. The number of halogens is 2. The summed E-state index contributed by atoms with van der Waals surface area (Å²) in [5.41, 5.74) is 2.17. The van der Waals surface area contributed by atoms with Crippen LogP contribution < -0.4 is 10.1 Å². The van der Waals surface area contributed by atoms with E-state index in [9.17, 15) is 14.4 Å². The first-order chi connectivity index (χ1) is 20.4. The minimum Gasteiger partial charge on any atom is -0.497 e. The molecule has 7 rings (SSSR count). The van der Waals surface area contributed by atoms with Gasteiger partial charge >= 0.3 is 0 Å². The number of ketones is 2. The van der Waals surface area contributed by atoms with Crippen LogP contribution in [0.3, 0.4) is 0 Å². The Labute approximate surface area is 252 Å². The Bertz CT molecular complexity index is 1840. The Balaban J connectivity index is 1.54. The van der Waals surface area contributed by atoms with Crippen LogP contribution in [0.4, 0.5) is 5.69 Å². The van der Waals surface area contributed by atoms with Crippen molar-refractivity contribution >= 4 is 52.4 Å². The van der Waals surface area contributed by atoms with Gasteiger partial charge in [-0.3, -0.25) is 14.4 Å². The van der Waals surface area contributed by atoms with E-state index in [2.05, 4.69) is 5.32 Å². The lowest BCUT2D eigenvalue weighted by molar-refractivity contribution is -0.122. The highest BCUT2D eigenvalue weighted by Gasteiger charge is 2.70. The highest BCUT2D eigenvalue weighted by molar-refractivity contribution is 6.37. The van der Waals surface area contributed by atoms with Crippen molar-refractivity contribution in [2.24, 2.45) is 5.92 Å². The molecule has 1 amide bonds. The molecule has 0 radical (unpaired) electrons. The summed E-state index contributed by atoms with van der Waals surface area (Å²) in [6, 6.07) is 25.0. The highest BCUT2D eigenvalue weighted by Crippen LogP contribution is 2.62. The first kappa shape index (κ1) is 26.5. The summed E-state index contributed by atoms with van der Waals surface area (Å²) in [4.78, 5) is 45.9. The topological polar surface area (TPSA) is 75.7 Å². The molecule has 3 aliphatic heterocycles. The first-order valence-corrected chi connectivity index (χ1v) is 14.2. The summed E-state index contributed by atoms with van der Waals surface area (Å²) >= 11 is 12.8. The summed E-state index contributed by atoms with van der Waals surface area (Å²) in [5.74, 6) is -1.68. The third-order valence-corrected chi connectivity index (χ3v) is 9.22. The lowest BCUT2D eigenvalue weighted by Gasteiger charge is -2.38. The zero-order chi connectivity index (χ0) is 29.2. The maximum Gasteiger partial charge on any atom is 0.238 e. The van der Waals surface area contributed by atoms with E-state index in [1.165, 1.54) is 13.2 Å². The predicted octanol–water partition coefficient (Wildman–Crippen LogP) is 6.98. The lowest BCUT2D eigenvalue weighted by atomic mass is 9.62. The van der Waals surface area contributed by atoms with Gasteiger partial charge in [0.2, 0.25) is 5.91 Å². The van der Waals surface area contributed by atoms with Crippen LogP contribution in [0.5, 0.6) is 5.75 Å². The molecule has 4 aromatic carbocycles. The number of carbonyl (C=O) groups excluding carboxylic acids is 3. The molecular weight excluding hydrogens is 571 g/mol. The summed E-state index contributed by atoms with van der Waals surface area (Å²) in [7, 11) is 1.53. The van der Waals surface area contributed by atoms with Crippen LogP contribution in [-0.4, -0.2) is 35.5 Å². The van der Waals surface area contributed by atoms with Crippen LogP contribution in [0.2, 0.25) is 10.0 Å². The van der Waals surface area contributed by atoms with Crippen LogP contribution in [0.1, 0.15) is 43.4 Å². The van der Waals surface area contributed by atoms with Gasteiger partial charge in [0.15, 0.2) is 11.6 Å². The summed E-state index contributed by atoms with van der Waals surface area (Å²) < 4.78 is 5.41. The highest BCUT2D eigenvalue weighted by atomic mass is 35.5. The molecule has 3 heterocycles. The van der Waals surface area contributed by atoms with Crippen LogP contribution in [0, 0.1) is 5.92 Å². The Kier molecular flexibility index (Phi) is 6.22. The number of ether oxygens (including phenoxy) is 1. The predicted molar refractivity (Wildman–Crippen MR) is 162 cm³/mol. The summed E-state index contributed by atoms with van der Waals surface area (Å²) in [6.07, 6.45) is 3.76. The molecule has 8 heteroatoms. The van der Waals surface area contributed by atoms with E-state index >= 15 is 0 Å². The van der Waals surface area contributed by atoms with Gasteiger partial charge in [0.1, 0.15) is 17.2 Å². The lowest BCUT2D eigenvalue weighted by Crippen LogP contribution is -2.49. The molecule has 1 saturated heterocycles. The van der Waals surface area contributed by atoms with Crippen molar-refractivity contribution in [3.05, 3.63) is 135 Å². The molecule has 3 aliphatic rings. The minimum atomic E-state index is -1.45. The van der Waals surface area contributed by atoms with Crippen molar-refractivity contribution in [3.8, 4) is 5.75 Å². The van der Waals surface area contributed by atoms with Gasteiger partial charge in [-0.05, 0) is 59.2 Å². The normalized spacial score (nSPS) is 23.3. The number of rotatable bonds is 5. The number of nitrogens with one attached hydrogen (secondary N) is 1. The molecule has 208 valence electrons. The Hall–Kier alpha value is -4.39. The molecule has 1 spiro atoms. The fraction of sp³-hybridized carbons (Fsp3) is 0.147. The third-order valence-electron chi connectivity index (χ3n) is 8.67. The van der Waals surface area contributed by atoms with E-state index in [4.69, 9.17) is 27.9 Å². The molecule has 1 N–H and O–H groups in total. The van der Waals surface area contributed by atoms with Gasteiger partial charge in [0, 0.05) is 28.0 Å². The summed E-state index contributed by atoms with van der Waals surface area (Å²) in [5, 5.41) is 3.57. The number of methoxy groups -OCH3 is 1. The quantitative estimate of drug-likeness (QED) is 0.252.